The molecule has 0 radical (unpaired) electrons. The number of ether oxygens (including phenoxy) is 1. The molecule has 0 N–H and O–H groups in total. The molecule has 0 aliphatic carbocycles. The summed E-state index contributed by atoms with van der Waals surface area (Å²) in [4.78, 5) is 24.6. The smallest absolute Gasteiger partial charge is 0.313 e. The van der Waals surface area contributed by atoms with Crippen LogP contribution in [-0.4, -0.2) is 31.4 Å². The predicted octanol–water partition coefficient (Wildman–Crippen LogP) is 2.17. The highest BCUT2D eigenvalue weighted by Crippen LogP contribution is 2.15. The molecule has 0 bridgehead atoms. The maximum absolute atomic E-state index is 13.1. The summed E-state index contributed by atoms with van der Waals surface area (Å²) in [6.45, 7) is 4.43. The molecule has 0 aromatic heterocycles. The number of esters is 1. The Morgan fingerprint density at radius 2 is 2.05 bits per heavy atom. The lowest BCUT2D eigenvalue weighted by Gasteiger charge is -2.22. The maximum Gasteiger partial charge on any atom is 0.313 e. The minimum atomic E-state index is -0.525. The Morgan fingerprint density at radius 1 is 1.32 bits per heavy atom. The van der Waals surface area contributed by atoms with E-state index in [1.54, 1.807) is 24.0 Å². The lowest BCUT2D eigenvalue weighted by molar-refractivity contribution is -0.145. The molecule has 0 aliphatic heterocycles. The summed E-state index contributed by atoms with van der Waals surface area (Å²) in [5.41, 5.74) is 0.625. The molecule has 19 heavy (non-hydrogen) atoms. The van der Waals surface area contributed by atoms with Crippen molar-refractivity contribution in [2.45, 2.75) is 20.3 Å². The van der Waals surface area contributed by atoms with Crippen LogP contribution >= 0.6 is 0 Å². The average molecular weight is 267 g/mol. The molecule has 0 unspecified atom stereocenters. The Balaban J connectivity index is 2.62. The predicted molar refractivity (Wildman–Crippen MR) is 70.5 cm³/mol. The Labute approximate surface area is 112 Å². The lowest BCUT2D eigenvalue weighted by Crippen LogP contribution is -2.31. The molecule has 0 heterocycles. The largest absolute Gasteiger partial charge is 0.466 e. The number of nitrogens with zero attached hydrogens (tertiary/aromatic N) is 1. The molecule has 1 aromatic carbocycles. The number of likely N-dealkylation sites (N-methyl/N-ethyl adjacent to an activating group) is 1. The van der Waals surface area contributed by atoms with Crippen LogP contribution in [0.1, 0.15) is 20.3 Å². The van der Waals surface area contributed by atoms with Crippen LogP contribution in [0, 0.1) is 5.82 Å². The molecule has 0 saturated heterocycles. The van der Waals surface area contributed by atoms with Crippen LogP contribution in [0.4, 0.5) is 10.1 Å². The number of benzene rings is 1. The molecule has 0 atom stereocenters. The zero-order valence-corrected chi connectivity index (χ0v) is 11.2. The summed E-state index contributed by atoms with van der Waals surface area (Å²) < 4.78 is 17.8. The summed E-state index contributed by atoms with van der Waals surface area (Å²) in [6, 6.07) is 6.02. The van der Waals surface area contributed by atoms with Crippen molar-refractivity contribution in [2.24, 2.45) is 0 Å². The number of anilines is 1. The number of ketones is 1. The third-order valence-electron chi connectivity index (χ3n) is 2.57. The Hall–Kier alpha value is -1.91. The van der Waals surface area contributed by atoms with E-state index in [0.717, 1.165) is 0 Å². The first-order valence-electron chi connectivity index (χ1n) is 6.24. The van der Waals surface area contributed by atoms with Gasteiger partial charge in [0.15, 0.2) is 5.78 Å². The highest BCUT2D eigenvalue weighted by molar-refractivity contribution is 5.97. The summed E-state index contributed by atoms with van der Waals surface area (Å²) in [6.07, 6.45) is -0.250. The third-order valence-corrected chi connectivity index (χ3v) is 2.57. The van der Waals surface area contributed by atoms with Crippen molar-refractivity contribution < 1.29 is 18.7 Å². The minimum Gasteiger partial charge on any atom is -0.466 e. The highest BCUT2D eigenvalue weighted by atomic mass is 19.1. The quantitative estimate of drug-likeness (QED) is 0.561. The van der Waals surface area contributed by atoms with Gasteiger partial charge in [0.25, 0.3) is 0 Å². The monoisotopic (exact) mass is 267 g/mol. The van der Waals surface area contributed by atoms with Gasteiger partial charge in [0, 0.05) is 12.2 Å². The van der Waals surface area contributed by atoms with E-state index in [2.05, 4.69) is 0 Å². The molecular weight excluding hydrogens is 249 g/mol. The van der Waals surface area contributed by atoms with Crippen molar-refractivity contribution in [3.63, 3.8) is 0 Å². The molecule has 4 nitrogen and oxygen atoms in total. The topological polar surface area (TPSA) is 46.6 Å². The van der Waals surface area contributed by atoms with Gasteiger partial charge in [-0.05, 0) is 32.0 Å². The van der Waals surface area contributed by atoms with E-state index in [1.165, 1.54) is 12.1 Å². The number of carbonyl (C=O) groups excluding carboxylic acids is 2. The number of rotatable bonds is 7. The van der Waals surface area contributed by atoms with Crippen molar-refractivity contribution in [1.29, 1.82) is 0 Å². The van der Waals surface area contributed by atoms with Gasteiger partial charge in [-0.15, -0.1) is 0 Å². The fourth-order valence-corrected chi connectivity index (χ4v) is 1.70. The van der Waals surface area contributed by atoms with Crippen LogP contribution in [-0.2, 0) is 14.3 Å². The van der Waals surface area contributed by atoms with E-state index in [1.807, 2.05) is 6.92 Å². The van der Waals surface area contributed by atoms with Crippen molar-refractivity contribution in [1.82, 2.24) is 0 Å². The first-order chi connectivity index (χ1) is 9.06. The van der Waals surface area contributed by atoms with E-state index >= 15 is 0 Å². The molecule has 104 valence electrons. The van der Waals surface area contributed by atoms with Crippen LogP contribution in [0.5, 0.6) is 0 Å². The second kappa shape index (κ2) is 7.51. The van der Waals surface area contributed by atoms with Crippen LogP contribution in [0.15, 0.2) is 24.3 Å². The van der Waals surface area contributed by atoms with Gasteiger partial charge in [-0.25, -0.2) is 4.39 Å². The average Bonchev–Trinajstić information content (AvgIpc) is 2.36. The van der Waals surface area contributed by atoms with E-state index < -0.39 is 5.97 Å². The number of halogens is 1. The van der Waals surface area contributed by atoms with Gasteiger partial charge in [0.1, 0.15) is 12.2 Å². The van der Waals surface area contributed by atoms with Gasteiger partial charge >= 0.3 is 5.97 Å². The van der Waals surface area contributed by atoms with Crippen LogP contribution in [0.25, 0.3) is 0 Å². The summed E-state index contributed by atoms with van der Waals surface area (Å²) in [7, 11) is 0. The van der Waals surface area contributed by atoms with Crippen molar-refractivity contribution in [3.05, 3.63) is 30.1 Å². The lowest BCUT2D eigenvalue weighted by atomic mass is 10.2. The number of hydrogen-bond donors (Lipinski definition) is 0. The second-order valence-corrected chi connectivity index (χ2v) is 4.01. The third kappa shape index (κ3) is 5.07. The van der Waals surface area contributed by atoms with E-state index in [4.69, 9.17) is 4.74 Å². The standard InChI is InChI=1S/C14H18FNO3/c1-3-16(12-7-5-6-11(15)8-12)10-13(17)9-14(18)19-4-2/h5-8H,3-4,9-10H2,1-2H3. The first-order valence-corrected chi connectivity index (χ1v) is 6.24. The Kier molecular flexibility index (Phi) is 5.99. The van der Waals surface area contributed by atoms with Gasteiger partial charge in [-0.1, -0.05) is 6.07 Å². The molecule has 1 aromatic rings. The Morgan fingerprint density at radius 3 is 2.63 bits per heavy atom. The minimum absolute atomic E-state index is 0.0682. The van der Waals surface area contributed by atoms with Gasteiger partial charge in [0.2, 0.25) is 0 Å². The number of carbonyl (C=O) groups is 2. The van der Waals surface area contributed by atoms with Crippen LogP contribution in [0.2, 0.25) is 0 Å². The van der Waals surface area contributed by atoms with Gasteiger partial charge in [-0.3, -0.25) is 9.59 Å². The first kappa shape index (κ1) is 15.1. The highest BCUT2D eigenvalue weighted by Gasteiger charge is 2.14. The molecule has 0 fully saturated rings. The van der Waals surface area contributed by atoms with Crippen molar-refractivity contribution in [2.75, 3.05) is 24.6 Å². The van der Waals surface area contributed by atoms with E-state index in [-0.39, 0.29) is 31.2 Å². The van der Waals surface area contributed by atoms with Crippen LogP contribution < -0.4 is 4.90 Å². The van der Waals surface area contributed by atoms with Crippen molar-refractivity contribution >= 4 is 17.4 Å². The Bertz CT molecular complexity index is 448. The zero-order valence-electron chi connectivity index (χ0n) is 11.2. The van der Waals surface area contributed by atoms with Gasteiger partial charge in [0.05, 0.1) is 13.2 Å². The maximum atomic E-state index is 13.1. The van der Waals surface area contributed by atoms with E-state index in [9.17, 15) is 14.0 Å². The zero-order chi connectivity index (χ0) is 14.3. The summed E-state index contributed by atoms with van der Waals surface area (Å²) in [5, 5.41) is 0. The second-order valence-electron chi connectivity index (χ2n) is 4.01. The molecule has 5 heteroatoms. The fourth-order valence-electron chi connectivity index (χ4n) is 1.70. The number of Topliss-reactive ketones (excluding diaryl/α,β-unsaturated/α-hetero) is 1. The van der Waals surface area contributed by atoms with Crippen LogP contribution in [0.3, 0.4) is 0 Å². The molecule has 0 spiro atoms. The molecular formula is C14H18FNO3. The normalized spacial score (nSPS) is 10.1. The van der Waals surface area contributed by atoms with Gasteiger partial charge < -0.3 is 9.64 Å². The molecule has 1 rings (SSSR count). The fraction of sp³-hybridized carbons (Fsp3) is 0.429. The summed E-state index contributed by atoms with van der Waals surface area (Å²) in [5.74, 6) is -1.12. The molecule has 0 aliphatic rings. The van der Waals surface area contributed by atoms with E-state index in [0.29, 0.717) is 12.2 Å². The molecule has 0 amide bonds. The van der Waals surface area contributed by atoms with Crippen molar-refractivity contribution in [3.8, 4) is 0 Å². The SMILES string of the molecule is CCOC(=O)CC(=O)CN(CC)c1cccc(F)c1. The van der Waals surface area contributed by atoms with Gasteiger partial charge in [-0.2, -0.15) is 0 Å². The summed E-state index contributed by atoms with van der Waals surface area (Å²) >= 11 is 0. The molecule has 0 saturated carbocycles. The number of hydrogen-bond acceptors (Lipinski definition) is 4.